The maximum Gasteiger partial charge on any atom is 0.225 e. The van der Waals surface area contributed by atoms with Crippen molar-refractivity contribution in [3.8, 4) is 23.3 Å². The number of methoxy groups -OCH3 is 1. The number of pyridine rings is 2. The minimum absolute atomic E-state index is 0.00214. The average molecular weight is 465 g/mol. The Hall–Kier alpha value is -3.20. The molecule has 2 aromatic rings. The lowest BCUT2D eigenvalue weighted by Gasteiger charge is -2.41. The van der Waals surface area contributed by atoms with Gasteiger partial charge < -0.3 is 14.5 Å². The van der Waals surface area contributed by atoms with Gasteiger partial charge in [-0.15, -0.1) is 0 Å². The van der Waals surface area contributed by atoms with E-state index >= 15 is 0 Å². The molecule has 1 atom stereocenters. The third-order valence-electron chi connectivity index (χ3n) is 6.10. The van der Waals surface area contributed by atoms with Crippen molar-refractivity contribution in [2.75, 3.05) is 38.3 Å². The number of hydrogen-bond acceptors (Lipinski definition) is 7. The van der Waals surface area contributed by atoms with Crippen LogP contribution in [0.4, 0.5) is 5.82 Å². The van der Waals surface area contributed by atoms with Crippen LogP contribution < -0.4 is 4.90 Å². The van der Waals surface area contributed by atoms with E-state index in [1.54, 1.807) is 19.2 Å². The molecule has 170 valence electrons. The summed E-state index contributed by atoms with van der Waals surface area (Å²) in [7, 11) is 1.59. The number of carbonyl (C=O) groups is 1. The average Bonchev–Trinajstić information content (AvgIpc) is 3.66. The van der Waals surface area contributed by atoms with Crippen molar-refractivity contribution in [1.82, 2.24) is 14.9 Å². The van der Waals surface area contributed by atoms with Gasteiger partial charge in [0.15, 0.2) is 0 Å². The van der Waals surface area contributed by atoms with Gasteiger partial charge in [0.2, 0.25) is 5.91 Å². The first kappa shape index (κ1) is 23.0. The van der Waals surface area contributed by atoms with E-state index in [-0.39, 0.29) is 22.8 Å². The molecule has 1 amide bonds. The number of halogens is 1. The summed E-state index contributed by atoms with van der Waals surface area (Å²) in [6, 6.07) is 9.57. The number of rotatable bonds is 6. The van der Waals surface area contributed by atoms with E-state index in [4.69, 9.17) is 21.3 Å². The Morgan fingerprint density at radius 1 is 1.21 bits per heavy atom. The van der Waals surface area contributed by atoms with E-state index in [1.165, 1.54) is 0 Å². The molecule has 2 aromatic heterocycles. The number of carbonyl (C=O) groups excluding carboxylic acids is 1. The molecule has 1 unspecified atom stereocenters. The summed E-state index contributed by atoms with van der Waals surface area (Å²) in [6.45, 7) is 4.20. The summed E-state index contributed by atoms with van der Waals surface area (Å²) in [5, 5.41) is 19.5. The number of aromatic nitrogens is 2. The first-order valence-corrected chi connectivity index (χ1v) is 11.4. The number of piperazine rings is 1. The van der Waals surface area contributed by atoms with Crippen molar-refractivity contribution in [2.24, 2.45) is 0 Å². The number of ether oxygens (including phenoxy) is 1. The van der Waals surface area contributed by atoms with Crippen molar-refractivity contribution in [3.63, 3.8) is 0 Å². The molecular formula is C24H25ClN6O2. The van der Waals surface area contributed by atoms with Crippen LogP contribution in [0, 0.1) is 22.7 Å². The quantitative estimate of drug-likeness (QED) is 0.602. The molecule has 0 bridgehead atoms. The molecule has 2 fully saturated rings. The smallest absolute Gasteiger partial charge is 0.225 e. The molecule has 0 N–H and O–H groups in total. The molecule has 1 saturated carbocycles. The van der Waals surface area contributed by atoms with Gasteiger partial charge >= 0.3 is 0 Å². The van der Waals surface area contributed by atoms with Crippen molar-refractivity contribution in [1.29, 1.82) is 10.5 Å². The van der Waals surface area contributed by atoms with Crippen LogP contribution in [0.25, 0.3) is 11.1 Å². The Morgan fingerprint density at radius 2 is 2.00 bits per heavy atom. The molecule has 8 nitrogen and oxygen atoms in total. The normalized spacial score (nSPS) is 18.0. The second-order valence-corrected chi connectivity index (χ2v) is 8.87. The zero-order valence-corrected chi connectivity index (χ0v) is 19.5. The van der Waals surface area contributed by atoms with Gasteiger partial charge in [-0.05, 0) is 43.5 Å². The van der Waals surface area contributed by atoms with Gasteiger partial charge in [0, 0.05) is 44.3 Å². The lowest BCUT2D eigenvalue weighted by atomic mass is 9.99. The van der Waals surface area contributed by atoms with Crippen molar-refractivity contribution in [3.05, 3.63) is 40.3 Å². The minimum Gasteiger partial charge on any atom is -0.384 e. The molecule has 9 heteroatoms. The summed E-state index contributed by atoms with van der Waals surface area (Å²) < 4.78 is 5.04. The van der Waals surface area contributed by atoms with Crippen LogP contribution in [-0.4, -0.2) is 60.2 Å². The van der Waals surface area contributed by atoms with Gasteiger partial charge in [-0.1, -0.05) is 11.6 Å². The maximum atomic E-state index is 12.5. The van der Waals surface area contributed by atoms with Gasteiger partial charge in [-0.2, -0.15) is 10.5 Å². The molecule has 3 heterocycles. The van der Waals surface area contributed by atoms with Gasteiger partial charge in [0.25, 0.3) is 0 Å². The summed E-state index contributed by atoms with van der Waals surface area (Å²) in [4.78, 5) is 25.5. The van der Waals surface area contributed by atoms with Crippen molar-refractivity contribution >= 4 is 23.3 Å². The van der Waals surface area contributed by atoms with Crippen LogP contribution in [0.5, 0.6) is 0 Å². The minimum atomic E-state index is -0.00214. The van der Waals surface area contributed by atoms with Crippen LogP contribution in [0.3, 0.4) is 0 Å². The third kappa shape index (κ3) is 4.93. The largest absolute Gasteiger partial charge is 0.384 e. The monoisotopic (exact) mass is 464 g/mol. The van der Waals surface area contributed by atoms with Gasteiger partial charge in [0.05, 0.1) is 24.3 Å². The molecule has 1 aliphatic heterocycles. The van der Waals surface area contributed by atoms with Crippen LogP contribution in [0.1, 0.15) is 49.1 Å². The second kappa shape index (κ2) is 9.74. The molecular weight excluding hydrogens is 440 g/mol. The lowest BCUT2D eigenvalue weighted by molar-refractivity contribution is -0.134. The number of hydrogen-bond donors (Lipinski definition) is 0. The fraction of sp³-hybridized carbons (Fsp3) is 0.458. The van der Waals surface area contributed by atoms with Crippen LogP contribution in [0.15, 0.2) is 18.2 Å². The second-order valence-electron chi connectivity index (χ2n) is 8.48. The van der Waals surface area contributed by atoms with Crippen LogP contribution in [-0.2, 0) is 9.53 Å². The Kier molecular flexibility index (Phi) is 6.78. The molecule has 1 saturated heterocycles. The summed E-state index contributed by atoms with van der Waals surface area (Å²) in [6.07, 6.45) is 2.43. The van der Waals surface area contributed by atoms with E-state index in [9.17, 15) is 15.3 Å². The molecule has 33 heavy (non-hydrogen) atoms. The summed E-state index contributed by atoms with van der Waals surface area (Å²) in [5.41, 5.74) is 3.17. The standard InChI is InChI=1S/C24H25ClN6O2/c1-15-14-30(6-7-31(15)22(32)5-8-33-2)24-18(12-26)10-20(23(29-24)16-3-4-16)17-9-19(13-27)28-21(25)11-17/h9-11,15-16H,3-8,14H2,1-2H3. The Balaban J connectivity index is 1.67. The van der Waals surface area contributed by atoms with E-state index in [2.05, 4.69) is 16.0 Å². The number of nitriles is 2. The van der Waals surface area contributed by atoms with Crippen molar-refractivity contribution < 1.29 is 9.53 Å². The third-order valence-corrected chi connectivity index (χ3v) is 6.30. The Bertz CT molecular complexity index is 1150. The van der Waals surface area contributed by atoms with Gasteiger partial charge in [-0.3, -0.25) is 4.79 Å². The zero-order chi connectivity index (χ0) is 23.5. The topological polar surface area (TPSA) is 106 Å². The van der Waals surface area contributed by atoms with Crippen LogP contribution in [0.2, 0.25) is 5.15 Å². The molecule has 1 aliphatic carbocycles. The van der Waals surface area contributed by atoms with E-state index in [0.717, 1.165) is 29.7 Å². The van der Waals surface area contributed by atoms with Crippen molar-refractivity contribution in [2.45, 2.75) is 38.1 Å². The van der Waals surface area contributed by atoms with E-state index in [1.807, 2.05) is 24.0 Å². The fourth-order valence-corrected chi connectivity index (χ4v) is 4.51. The molecule has 2 aliphatic rings. The van der Waals surface area contributed by atoms with E-state index in [0.29, 0.717) is 50.0 Å². The zero-order valence-electron chi connectivity index (χ0n) is 18.7. The highest BCUT2D eigenvalue weighted by atomic mass is 35.5. The molecule has 0 spiro atoms. The summed E-state index contributed by atoms with van der Waals surface area (Å²) >= 11 is 6.14. The highest BCUT2D eigenvalue weighted by Crippen LogP contribution is 2.45. The number of amides is 1. The number of nitrogens with zero attached hydrogens (tertiary/aromatic N) is 6. The Morgan fingerprint density at radius 3 is 2.64 bits per heavy atom. The first-order chi connectivity index (χ1) is 15.9. The molecule has 0 aromatic carbocycles. The number of anilines is 1. The summed E-state index contributed by atoms with van der Waals surface area (Å²) in [5.74, 6) is 1.05. The van der Waals surface area contributed by atoms with E-state index < -0.39 is 0 Å². The first-order valence-electron chi connectivity index (χ1n) is 11.0. The SMILES string of the molecule is COCCC(=O)N1CCN(c2nc(C3CC3)c(-c3cc(Cl)nc(C#N)c3)cc2C#N)CC1C. The highest BCUT2D eigenvalue weighted by Gasteiger charge is 2.33. The predicted molar refractivity (Wildman–Crippen MR) is 124 cm³/mol. The predicted octanol–water partition coefficient (Wildman–Crippen LogP) is 3.49. The van der Waals surface area contributed by atoms with Crippen LogP contribution >= 0.6 is 11.6 Å². The Labute approximate surface area is 198 Å². The maximum absolute atomic E-state index is 12.5. The molecule has 0 radical (unpaired) electrons. The van der Waals surface area contributed by atoms with Gasteiger partial charge in [0.1, 0.15) is 28.8 Å². The lowest BCUT2D eigenvalue weighted by Crippen LogP contribution is -2.54. The highest BCUT2D eigenvalue weighted by molar-refractivity contribution is 6.29. The molecule has 4 rings (SSSR count). The van der Waals surface area contributed by atoms with Gasteiger partial charge in [-0.25, -0.2) is 9.97 Å². The fourth-order valence-electron chi connectivity index (χ4n) is 4.30.